The summed E-state index contributed by atoms with van der Waals surface area (Å²) in [6, 6.07) is 8.35. The third-order valence-electron chi connectivity index (χ3n) is 3.84. The average Bonchev–Trinajstić information content (AvgIpc) is 2.37. The van der Waals surface area contributed by atoms with Crippen molar-refractivity contribution in [2.45, 2.75) is 52.5 Å². The monoisotopic (exact) mass is 249 g/mol. The first-order valence-corrected chi connectivity index (χ1v) is 7.01. The van der Waals surface area contributed by atoms with Gasteiger partial charge in [-0.15, -0.1) is 0 Å². The van der Waals surface area contributed by atoms with Crippen LogP contribution in [0, 0.1) is 12.8 Å². The number of anilines is 1. The van der Waals surface area contributed by atoms with Gasteiger partial charge in [-0.05, 0) is 43.4 Å². The van der Waals surface area contributed by atoms with E-state index in [1.807, 2.05) is 0 Å². The lowest BCUT2D eigenvalue weighted by Crippen LogP contribution is -2.43. The number of nitrogens with one attached hydrogen (secondary N) is 1. The molecule has 0 amide bonds. The van der Waals surface area contributed by atoms with Crippen LogP contribution in [0.2, 0.25) is 0 Å². The van der Waals surface area contributed by atoms with E-state index in [0.29, 0.717) is 5.92 Å². The van der Waals surface area contributed by atoms with Gasteiger partial charge >= 0.3 is 0 Å². The Bertz CT molecular complexity index is 358. The maximum Gasteiger partial charge on any atom is 0.0661 e. The van der Waals surface area contributed by atoms with E-state index in [9.17, 15) is 5.11 Å². The molecule has 0 aliphatic heterocycles. The van der Waals surface area contributed by atoms with Gasteiger partial charge in [0.15, 0.2) is 0 Å². The normalized spacial score (nSPS) is 16.1. The second-order valence-electron chi connectivity index (χ2n) is 5.50. The van der Waals surface area contributed by atoms with E-state index in [-0.39, 0.29) is 12.1 Å². The number of aryl methyl sites for hydroxylation is 1. The van der Waals surface area contributed by atoms with Crippen LogP contribution in [0.5, 0.6) is 0 Å². The highest BCUT2D eigenvalue weighted by Crippen LogP contribution is 2.27. The zero-order chi connectivity index (χ0) is 13.6. The molecule has 18 heavy (non-hydrogen) atoms. The minimum absolute atomic E-state index is 0.182. The average molecular weight is 249 g/mol. The molecule has 2 heteroatoms. The van der Waals surface area contributed by atoms with Crippen LogP contribution < -0.4 is 5.32 Å². The van der Waals surface area contributed by atoms with Gasteiger partial charge in [0, 0.05) is 5.69 Å². The van der Waals surface area contributed by atoms with Crippen molar-refractivity contribution in [1.82, 2.24) is 0 Å². The van der Waals surface area contributed by atoms with Crippen LogP contribution in [0.3, 0.4) is 0 Å². The molecule has 0 heterocycles. The van der Waals surface area contributed by atoms with Crippen molar-refractivity contribution < 1.29 is 5.11 Å². The Morgan fingerprint density at radius 1 is 1.33 bits per heavy atom. The molecule has 0 spiro atoms. The predicted octanol–water partition coefficient (Wildman–Crippen LogP) is 3.98. The molecule has 0 saturated heterocycles. The van der Waals surface area contributed by atoms with Crippen molar-refractivity contribution in [3.05, 3.63) is 29.8 Å². The Hall–Kier alpha value is -1.02. The Morgan fingerprint density at radius 2 is 2.06 bits per heavy atom. The van der Waals surface area contributed by atoms with Gasteiger partial charge in [0.2, 0.25) is 0 Å². The summed E-state index contributed by atoms with van der Waals surface area (Å²) in [5, 5.41) is 13.3. The summed E-state index contributed by atoms with van der Waals surface area (Å²) in [5.41, 5.74) is 2.16. The summed E-state index contributed by atoms with van der Waals surface area (Å²) in [6.45, 7) is 8.86. The number of aliphatic hydroxyl groups is 1. The molecule has 1 aromatic rings. The first-order chi connectivity index (χ1) is 8.55. The van der Waals surface area contributed by atoms with Crippen LogP contribution in [0.1, 0.15) is 45.6 Å². The van der Waals surface area contributed by atoms with Crippen LogP contribution in [0.15, 0.2) is 24.3 Å². The SMILES string of the molecule is CCC(C)CC(CC)(CO)Nc1cccc(C)c1. The standard InChI is InChI=1S/C16H27NO/c1-5-13(3)11-16(6-2,12-18)17-15-9-7-8-14(4)10-15/h7-10,13,17-18H,5-6,11-12H2,1-4H3. The van der Waals surface area contributed by atoms with Gasteiger partial charge in [-0.1, -0.05) is 39.3 Å². The van der Waals surface area contributed by atoms with Gasteiger partial charge in [0.05, 0.1) is 12.1 Å². The zero-order valence-electron chi connectivity index (χ0n) is 12.2. The third kappa shape index (κ3) is 4.02. The van der Waals surface area contributed by atoms with Gasteiger partial charge < -0.3 is 10.4 Å². The van der Waals surface area contributed by atoms with E-state index in [1.165, 1.54) is 5.56 Å². The largest absolute Gasteiger partial charge is 0.394 e. The fourth-order valence-corrected chi connectivity index (χ4v) is 2.34. The van der Waals surface area contributed by atoms with Crippen molar-refractivity contribution in [1.29, 1.82) is 0 Å². The number of hydrogen-bond donors (Lipinski definition) is 2. The predicted molar refractivity (Wildman–Crippen MR) is 79.0 cm³/mol. The Balaban J connectivity index is 2.84. The molecule has 0 bridgehead atoms. The van der Waals surface area contributed by atoms with Crippen molar-refractivity contribution in [3.8, 4) is 0 Å². The quantitative estimate of drug-likeness (QED) is 0.766. The van der Waals surface area contributed by atoms with Crippen molar-refractivity contribution >= 4 is 5.69 Å². The lowest BCUT2D eigenvalue weighted by molar-refractivity contribution is 0.181. The van der Waals surface area contributed by atoms with Gasteiger partial charge in [-0.2, -0.15) is 0 Å². The molecule has 2 atom stereocenters. The van der Waals surface area contributed by atoms with Gasteiger partial charge in [0.1, 0.15) is 0 Å². The minimum atomic E-state index is -0.191. The van der Waals surface area contributed by atoms with E-state index in [2.05, 4.69) is 57.3 Å². The second kappa shape index (κ2) is 6.79. The summed E-state index contributed by atoms with van der Waals surface area (Å²) < 4.78 is 0. The van der Waals surface area contributed by atoms with E-state index in [0.717, 1.165) is 24.9 Å². The molecule has 102 valence electrons. The van der Waals surface area contributed by atoms with Crippen LogP contribution in [0.25, 0.3) is 0 Å². The van der Waals surface area contributed by atoms with E-state index >= 15 is 0 Å². The molecule has 0 saturated carbocycles. The minimum Gasteiger partial charge on any atom is -0.394 e. The Morgan fingerprint density at radius 3 is 2.56 bits per heavy atom. The topological polar surface area (TPSA) is 32.3 Å². The maximum absolute atomic E-state index is 9.79. The Kier molecular flexibility index (Phi) is 5.67. The first kappa shape index (κ1) is 15.0. The number of hydrogen-bond acceptors (Lipinski definition) is 2. The van der Waals surface area contributed by atoms with Crippen LogP contribution in [-0.2, 0) is 0 Å². The second-order valence-corrected chi connectivity index (χ2v) is 5.50. The highest BCUT2D eigenvalue weighted by atomic mass is 16.3. The molecule has 1 rings (SSSR count). The lowest BCUT2D eigenvalue weighted by atomic mass is 9.85. The first-order valence-electron chi connectivity index (χ1n) is 7.01. The molecular weight excluding hydrogens is 222 g/mol. The van der Waals surface area contributed by atoms with E-state index in [4.69, 9.17) is 0 Å². The lowest BCUT2D eigenvalue weighted by Gasteiger charge is -2.35. The highest BCUT2D eigenvalue weighted by Gasteiger charge is 2.28. The molecule has 2 unspecified atom stereocenters. The molecule has 2 nitrogen and oxygen atoms in total. The smallest absolute Gasteiger partial charge is 0.0661 e. The van der Waals surface area contributed by atoms with Crippen molar-refractivity contribution in [3.63, 3.8) is 0 Å². The molecule has 0 fully saturated rings. The molecule has 0 aliphatic carbocycles. The summed E-state index contributed by atoms with van der Waals surface area (Å²) in [7, 11) is 0. The highest BCUT2D eigenvalue weighted by molar-refractivity contribution is 5.47. The molecule has 0 aliphatic rings. The zero-order valence-corrected chi connectivity index (χ0v) is 12.2. The van der Waals surface area contributed by atoms with Crippen molar-refractivity contribution in [2.75, 3.05) is 11.9 Å². The fraction of sp³-hybridized carbons (Fsp3) is 0.625. The summed E-state index contributed by atoms with van der Waals surface area (Å²) in [4.78, 5) is 0. The van der Waals surface area contributed by atoms with Gasteiger partial charge in [-0.25, -0.2) is 0 Å². The molecule has 0 radical (unpaired) electrons. The van der Waals surface area contributed by atoms with Gasteiger partial charge in [0.25, 0.3) is 0 Å². The summed E-state index contributed by atoms with van der Waals surface area (Å²) >= 11 is 0. The van der Waals surface area contributed by atoms with E-state index in [1.54, 1.807) is 0 Å². The van der Waals surface area contributed by atoms with Crippen molar-refractivity contribution in [2.24, 2.45) is 5.92 Å². The van der Waals surface area contributed by atoms with E-state index < -0.39 is 0 Å². The van der Waals surface area contributed by atoms with Crippen LogP contribution in [-0.4, -0.2) is 17.3 Å². The number of aliphatic hydroxyl groups excluding tert-OH is 1. The van der Waals surface area contributed by atoms with Crippen LogP contribution in [0.4, 0.5) is 5.69 Å². The molecular formula is C16H27NO. The fourth-order valence-electron chi connectivity index (χ4n) is 2.34. The molecule has 2 N–H and O–H groups in total. The number of benzene rings is 1. The summed E-state index contributed by atoms with van der Waals surface area (Å²) in [6.07, 6.45) is 3.09. The summed E-state index contributed by atoms with van der Waals surface area (Å²) in [5.74, 6) is 0.620. The maximum atomic E-state index is 9.79. The molecule has 0 aromatic heterocycles. The molecule has 1 aromatic carbocycles. The van der Waals surface area contributed by atoms with Crippen LogP contribution >= 0.6 is 0 Å². The van der Waals surface area contributed by atoms with Gasteiger partial charge in [-0.3, -0.25) is 0 Å². The Labute approximate surface area is 111 Å². The number of rotatable bonds is 7. The third-order valence-corrected chi connectivity index (χ3v) is 3.84.